The van der Waals surface area contributed by atoms with Crippen molar-refractivity contribution in [1.29, 1.82) is 0 Å². The summed E-state index contributed by atoms with van der Waals surface area (Å²) in [6, 6.07) is 12.6. The number of carbonyl (C=O) groups is 1. The smallest absolute Gasteiger partial charge is 0.335 e. The molecule has 0 saturated heterocycles. The monoisotopic (exact) mass is 320 g/mol. The molecule has 2 aromatic carbocycles. The first-order valence-corrected chi connectivity index (χ1v) is 8.43. The molecule has 0 heterocycles. The summed E-state index contributed by atoms with van der Waals surface area (Å²) in [5.41, 5.74) is 1.87. The summed E-state index contributed by atoms with van der Waals surface area (Å²) >= 11 is 0. The van der Waals surface area contributed by atoms with Crippen LogP contribution in [0.1, 0.15) is 27.0 Å². The number of aromatic carboxylic acids is 1. The molecular weight excluding hydrogens is 304 g/mol. The highest BCUT2D eigenvalue weighted by Gasteiger charge is 2.14. The van der Waals surface area contributed by atoms with Gasteiger partial charge in [-0.1, -0.05) is 36.4 Å². The van der Waals surface area contributed by atoms with Crippen LogP contribution in [0.25, 0.3) is 0 Å². The lowest BCUT2D eigenvalue weighted by Crippen LogP contribution is -2.08. The highest BCUT2D eigenvalue weighted by atomic mass is 32.2. The van der Waals surface area contributed by atoms with Crippen molar-refractivity contribution >= 4 is 15.8 Å². The average Bonchev–Trinajstić information content (AvgIpc) is 2.47. The Morgan fingerprint density at radius 1 is 0.909 bits per heavy atom. The molecule has 0 aliphatic rings. The van der Waals surface area contributed by atoms with Crippen LogP contribution in [0.3, 0.4) is 0 Å². The molecule has 0 bridgehead atoms. The van der Waals surface area contributed by atoms with Crippen molar-refractivity contribution in [2.24, 2.45) is 0 Å². The summed E-state index contributed by atoms with van der Waals surface area (Å²) in [5, 5.41) is 17.9. The number of sulfone groups is 1. The molecule has 0 amide bonds. The first kappa shape index (κ1) is 16.2. The highest BCUT2D eigenvalue weighted by molar-refractivity contribution is 7.89. The van der Waals surface area contributed by atoms with E-state index in [9.17, 15) is 13.2 Å². The van der Waals surface area contributed by atoms with Crippen molar-refractivity contribution in [3.8, 4) is 0 Å². The Hall–Kier alpha value is -2.18. The molecule has 0 aliphatic carbocycles. The average molecular weight is 320 g/mol. The van der Waals surface area contributed by atoms with E-state index in [4.69, 9.17) is 10.2 Å². The van der Waals surface area contributed by atoms with Gasteiger partial charge < -0.3 is 10.2 Å². The van der Waals surface area contributed by atoms with Gasteiger partial charge in [0.25, 0.3) is 0 Å². The summed E-state index contributed by atoms with van der Waals surface area (Å²) in [7, 11) is -3.41. The zero-order valence-electron chi connectivity index (χ0n) is 11.8. The number of carboxylic acids is 1. The number of hydrogen-bond donors (Lipinski definition) is 2. The normalized spacial score (nSPS) is 11.3. The summed E-state index contributed by atoms with van der Waals surface area (Å²) in [5.74, 6) is -1.43. The molecule has 0 radical (unpaired) electrons. The van der Waals surface area contributed by atoms with Gasteiger partial charge in [-0.25, -0.2) is 13.2 Å². The van der Waals surface area contributed by atoms with Crippen LogP contribution in [0.2, 0.25) is 0 Å². The Morgan fingerprint density at radius 3 is 2.09 bits per heavy atom. The van der Waals surface area contributed by atoms with Crippen LogP contribution < -0.4 is 0 Å². The van der Waals surface area contributed by atoms with E-state index >= 15 is 0 Å². The Labute approximate surface area is 128 Å². The maximum atomic E-state index is 12.2. The molecule has 0 atom stereocenters. The third-order valence-electron chi connectivity index (χ3n) is 3.15. The third-order valence-corrected chi connectivity index (χ3v) is 4.70. The van der Waals surface area contributed by atoms with Crippen LogP contribution in [0.15, 0.2) is 48.5 Å². The number of aliphatic hydroxyl groups excluding tert-OH is 1. The number of aliphatic hydroxyl groups is 1. The zero-order chi connectivity index (χ0) is 16.2. The summed E-state index contributed by atoms with van der Waals surface area (Å²) in [6.07, 6.45) is 0. The third kappa shape index (κ3) is 4.41. The number of carboxylic acid groups (broad SMARTS) is 1. The summed E-state index contributed by atoms with van der Waals surface area (Å²) in [6.45, 7) is -0.0883. The Morgan fingerprint density at radius 2 is 1.50 bits per heavy atom. The quantitative estimate of drug-likeness (QED) is 0.849. The molecule has 2 aromatic rings. The fraction of sp³-hybridized carbons (Fsp3) is 0.188. The molecule has 0 fully saturated rings. The number of rotatable bonds is 6. The lowest BCUT2D eigenvalue weighted by atomic mass is 10.1. The molecule has 0 saturated carbocycles. The minimum absolute atomic E-state index is 0.0694. The zero-order valence-corrected chi connectivity index (χ0v) is 12.6. The standard InChI is InChI=1S/C16H16O5S/c17-9-12-4-6-13(7-5-12)10-22(20,21)11-14-2-1-3-15(8-14)16(18)19/h1-8,17H,9-11H2,(H,18,19). The Balaban J connectivity index is 2.13. The van der Waals surface area contributed by atoms with E-state index in [1.54, 1.807) is 30.3 Å². The van der Waals surface area contributed by atoms with Crippen molar-refractivity contribution in [2.45, 2.75) is 18.1 Å². The molecule has 5 nitrogen and oxygen atoms in total. The van der Waals surface area contributed by atoms with Crippen molar-refractivity contribution in [3.63, 3.8) is 0 Å². The predicted molar refractivity (Wildman–Crippen MR) is 82.1 cm³/mol. The van der Waals surface area contributed by atoms with Gasteiger partial charge in [0.1, 0.15) is 0 Å². The van der Waals surface area contributed by atoms with Gasteiger partial charge in [0.2, 0.25) is 0 Å². The molecule has 2 rings (SSSR count). The topological polar surface area (TPSA) is 91.7 Å². The van der Waals surface area contributed by atoms with Gasteiger partial charge in [-0.2, -0.15) is 0 Å². The second-order valence-electron chi connectivity index (χ2n) is 5.01. The van der Waals surface area contributed by atoms with Crippen molar-refractivity contribution < 1.29 is 23.4 Å². The van der Waals surface area contributed by atoms with Crippen molar-refractivity contribution in [3.05, 3.63) is 70.8 Å². The van der Waals surface area contributed by atoms with E-state index < -0.39 is 15.8 Å². The van der Waals surface area contributed by atoms with E-state index in [0.717, 1.165) is 5.56 Å². The highest BCUT2D eigenvalue weighted by Crippen LogP contribution is 2.15. The number of hydrogen-bond acceptors (Lipinski definition) is 4. The molecule has 0 aromatic heterocycles. The van der Waals surface area contributed by atoms with Gasteiger partial charge in [-0.15, -0.1) is 0 Å². The minimum atomic E-state index is -3.41. The largest absolute Gasteiger partial charge is 0.478 e. The second kappa shape index (κ2) is 6.72. The molecule has 6 heteroatoms. The maximum absolute atomic E-state index is 12.2. The Kier molecular flexibility index (Phi) is 4.95. The number of benzene rings is 2. The van der Waals surface area contributed by atoms with Crippen molar-refractivity contribution in [2.75, 3.05) is 0 Å². The van der Waals surface area contributed by atoms with Gasteiger partial charge in [-0.05, 0) is 28.8 Å². The van der Waals surface area contributed by atoms with Gasteiger partial charge in [0, 0.05) is 0 Å². The van der Waals surface area contributed by atoms with E-state index in [-0.39, 0.29) is 23.7 Å². The minimum Gasteiger partial charge on any atom is -0.478 e. The van der Waals surface area contributed by atoms with E-state index in [1.807, 2.05) is 0 Å². The van der Waals surface area contributed by atoms with Crippen LogP contribution >= 0.6 is 0 Å². The molecule has 22 heavy (non-hydrogen) atoms. The van der Waals surface area contributed by atoms with E-state index in [0.29, 0.717) is 11.1 Å². The van der Waals surface area contributed by atoms with Crippen LogP contribution in [-0.2, 0) is 27.9 Å². The van der Waals surface area contributed by atoms with Crippen LogP contribution in [0, 0.1) is 0 Å². The lowest BCUT2D eigenvalue weighted by Gasteiger charge is -2.06. The summed E-state index contributed by atoms with van der Waals surface area (Å²) < 4.78 is 24.4. The first-order valence-electron chi connectivity index (χ1n) is 6.61. The predicted octanol–water partition coefficient (Wildman–Crippen LogP) is 1.99. The molecule has 2 N–H and O–H groups in total. The van der Waals surface area contributed by atoms with E-state index in [1.165, 1.54) is 18.2 Å². The lowest BCUT2D eigenvalue weighted by molar-refractivity contribution is 0.0696. The van der Waals surface area contributed by atoms with Gasteiger partial charge in [-0.3, -0.25) is 0 Å². The van der Waals surface area contributed by atoms with Crippen LogP contribution in [0.4, 0.5) is 0 Å². The molecule has 0 aliphatic heterocycles. The van der Waals surface area contributed by atoms with Crippen LogP contribution in [-0.4, -0.2) is 24.6 Å². The molecule has 116 valence electrons. The first-order chi connectivity index (χ1) is 10.4. The van der Waals surface area contributed by atoms with Gasteiger partial charge in [0.15, 0.2) is 9.84 Å². The SMILES string of the molecule is O=C(O)c1cccc(CS(=O)(=O)Cc2ccc(CO)cc2)c1. The molecule has 0 unspecified atom stereocenters. The van der Waals surface area contributed by atoms with Gasteiger partial charge >= 0.3 is 5.97 Å². The summed E-state index contributed by atoms with van der Waals surface area (Å²) in [4.78, 5) is 10.9. The van der Waals surface area contributed by atoms with Gasteiger partial charge in [0.05, 0.1) is 23.7 Å². The maximum Gasteiger partial charge on any atom is 0.335 e. The van der Waals surface area contributed by atoms with Crippen molar-refractivity contribution in [1.82, 2.24) is 0 Å². The van der Waals surface area contributed by atoms with E-state index in [2.05, 4.69) is 0 Å². The fourth-order valence-corrected chi connectivity index (χ4v) is 3.58. The fourth-order valence-electron chi connectivity index (χ4n) is 2.09. The Bertz CT molecular complexity index is 763. The van der Waals surface area contributed by atoms with Crippen LogP contribution in [0.5, 0.6) is 0 Å². The molecule has 0 spiro atoms. The second-order valence-corrected chi connectivity index (χ2v) is 7.08. The molecular formula is C16H16O5S.